The van der Waals surface area contributed by atoms with E-state index in [1.807, 2.05) is 0 Å². The number of nitro groups is 1. The molecule has 0 aliphatic rings. The average molecular weight is 270 g/mol. The van der Waals surface area contributed by atoms with Gasteiger partial charge in [-0.15, -0.1) is 0 Å². The van der Waals surface area contributed by atoms with Crippen molar-refractivity contribution in [3.05, 3.63) is 39.7 Å². The van der Waals surface area contributed by atoms with Crippen LogP contribution >= 0.6 is 0 Å². The molecule has 1 rings (SSSR count). The van der Waals surface area contributed by atoms with E-state index in [1.165, 1.54) is 0 Å². The second kappa shape index (κ2) is 6.43. The third kappa shape index (κ3) is 4.34. The van der Waals surface area contributed by atoms with Crippen LogP contribution in [0.25, 0.3) is 0 Å². The van der Waals surface area contributed by atoms with Crippen molar-refractivity contribution in [3.63, 3.8) is 0 Å². The highest BCUT2D eigenvalue weighted by atomic mass is 19.1. The minimum absolute atomic E-state index is 0.0524. The second-order valence-corrected chi connectivity index (χ2v) is 3.68. The minimum atomic E-state index is -1.02. The van der Waals surface area contributed by atoms with Crippen molar-refractivity contribution in [2.75, 3.05) is 6.54 Å². The molecular weight excluding hydrogens is 259 g/mol. The number of benzene rings is 1. The van der Waals surface area contributed by atoms with E-state index in [-0.39, 0.29) is 24.9 Å². The molecule has 102 valence electrons. The summed E-state index contributed by atoms with van der Waals surface area (Å²) in [4.78, 5) is 31.4. The predicted octanol–water partition coefficient (Wildman–Crippen LogP) is 1.33. The van der Waals surface area contributed by atoms with Gasteiger partial charge in [0.15, 0.2) is 0 Å². The standard InChI is InChI=1S/C11H11FN2O5/c12-8-4-3-7(6-9(8)14(18)19)11(17)13-5-1-2-10(15)16/h3-4,6H,1-2,5H2,(H,13,17)(H,15,16). The third-order valence-corrected chi connectivity index (χ3v) is 2.26. The molecule has 0 aromatic heterocycles. The smallest absolute Gasteiger partial charge is 0.305 e. The summed E-state index contributed by atoms with van der Waals surface area (Å²) in [6.07, 6.45) is 0.147. The minimum Gasteiger partial charge on any atom is -0.481 e. The van der Waals surface area contributed by atoms with Crippen LogP contribution in [0.4, 0.5) is 10.1 Å². The molecule has 0 unspecified atom stereocenters. The van der Waals surface area contributed by atoms with Crippen LogP contribution in [0.1, 0.15) is 23.2 Å². The summed E-state index contributed by atoms with van der Waals surface area (Å²) in [7, 11) is 0. The van der Waals surface area contributed by atoms with Crippen LogP contribution in [0.2, 0.25) is 0 Å². The van der Waals surface area contributed by atoms with Gasteiger partial charge in [-0.1, -0.05) is 0 Å². The van der Waals surface area contributed by atoms with Crippen molar-refractivity contribution < 1.29 is 24.0 Å². The molecule has 0 radical (unpaired) electrons. The normalized spacial score (nSPS) is 9.95. The van der Waals surface area contributed by atoms with Crippen molar-refractivity contribution in [2.24, 2.45) is 0 Å². The SMILES string of the molecule is O=C(O)CCCNC(=O)c1ccc(F)c([N+](=O)[O-])c1. The number of carboxylic acids is 1. The van der Waals surface area contributed by atoms with Gasteiger partial charge in [0.05, 0.1) is 4.92 Å². The number of hydrogen-bond donors (Lipinski definition) is 2. The maximum Gasteiger partial charge on any atom is 0.305 e. The van der Waals surface area contributed by atoms with E-state index in [2.05, 4.69) is 5.32 Å². The molecule has 7 nitrogen and oxygen atoms in total. The Morgan fingerprint density at radius 2 is 2.11 bits per heavy atom. The highest BCUT2D eigenvalue weighted by molar-refractivity contribution is 5.94. The van der Waals surface area contributed by atoms with Gasteiger partial charge < -0.3 is 10.4 Å². The fraction of sp³-hybridized carbons (Fsp3) is 0.273. The van der Waals surface area contributed by atoms with Crippen LogP contribution < -0.4 is 5.32 Å². The molecule has 0 fully saturated rings. The zero-order valence-corrected chi connectivity index (χ0v) is 9.76. The molecule has 0 atom stereocenters. The quantitative estimate of drug-likeness (QED) is 0.460. The summed E-state index contributed by atoms with van der Waals surface area (Å²) in [5, 5.41) is 21.3. The first-order valence-electron chi connectivity index (χ1n) is 5.35. The Balaban J connectivity index is 2.65. The maximum atomic E-state index is 13.0. The Hall–Kier alpha value is -2.51. The number of carboxylic acid groups (broad SMARTS) is 1. The van der Waals surface area contributed by atoms with Gasteiger partial charge in [-0.2, -0.15) is 4.39 Å². The van der Waals surface area contributed by atoms with E-state index < -0.39 is 28.3 Å². The van der Waals surface area contributed by atoms with Gasteiger partial charge in [0.25, 0.3) is 5.91 Å². The van der Waals surface area contributed by atoms with Crippen molar-refractivity contribution in [2.45, 2.75) is 12.8 Å². The molecule has 19 heavy (non-hydrogen) atoms. The van der Waals surface area contributed by atoms with Gasteiger partial charge in [0, 0.05) is 24.6 Å². The van der Waals surface area contributed by atoms with Crippen LogP contribution in [0.15, 0.2) is 18.2 Å². The third-order valence-electron chi connectivity index (χ3n) is 2.26. The Morgan fingerprint density at radius 3 is 2.68 bits per heavy atom. The molecule has 1 aromatic carbocycles. The molecule has 0 bridgehead atoms. The molecule has 0 heterocycles. The van der Waals surface area contributed by atoms with Crippen LogP contribution in [0.5, 0.6) is 0 Å². The molecule has 8 heteroatoms. The number of carbonyl (C=O) groups excluding carboxylic acids is 1. The summed E-state index contributed by atoms with van der Waals surface area (Å²) in [6, 6.07) is 2.79. The number of nitrogens with one attached hydrogen (secondary N) is 1. The second-order valence-electron chi connectivity index (χ2n) is 3.68. The van der Waals surface area contributed by atoms with Gasteiger partial charge in [0.1, 0.15) is 0 Å². The van der Waals surface area contributed by atoms with Crippen LogP contribution in [0.3, 0.4) is 0 Å². The highest BCUT2D eigenvalue weighted by Gasteiger charge is 2.17. The largest absolute Gasteiger partial charge is 0.481 e. The summed E-state index contributed by atoms with van der Waals surface area (Å²) in [5.74, 6) is -2.62. The molecule has 0 saturated carbocycles. The van der Waals surface area contributed by atoms with Gasteiger partial charge in [0.2, 0.25) is 5.82 Å². The van der Waals surface area contributed by atoms with E-state index in [4.69, 9.17) is 5.11 Å². The van der Waals surface area contributed by atoms with Crippen LogP contribution in [-0.4, -0.2) is 28.5 Å². The van der Waals surface area contributed by atoms with Crippen LogP contribution in [-0.2, 0) is 4.79 Å². The predicted molar refractivity (Wildman–Crippen MR) is 62.3 cm³/mol. The van der Waals surface area contributed by atoms with Crippen molar-refractivity contribution in [1.29, 1.82) is 0 Å². The van der Waals surface area contributed by atoms with Gasteiger partial charge in [-0.05, 0) is 18.6 Å². The Morgan fingerprint density at radius 1 is 1.42 bits per heavy atom. The van der Waals surface area contributed by atoms with Crippen LogP contribution in [0, 0.1) is 15.9 Å². The zero-order valence-electron chi connectivity index (χ0n) is 9.76. The molecule has 0 spiro atoms. The first kappa shape index (κ1) is 14.6. The molecule has 0 saturated heterocycles. The van der Waals surface area contributed by atoms with E-state index in [9.17, 15) is 24.1 Å². The summed E-state index contributed by atoms with van der Waals surface area (Å²) >= 11 is 0. The number of nitro benzene ring substituents is 1. The molecule has 1 amide bonds. The Labute approximate surface area is 107 Å². The molecule has 2 N–H and O–H groups in total. The molecule has 0 aliphatic heterocycles. The van der Waals surface area contributed by atoms with Gasteiger partial charge in [-0.3, -0.25) is 19.7 Å². The lowest BCUT2D eigenvalue weighted by Gasteiger charge is -2.04. The number of carbonyl (C=O) groups is 2. The Bertz CT molecular complexity index is 518. The number of halogens is 1. The Kier molecular flexibility index (Phi) is 4.92. The highest BCUT2D eigenvalue weighted by Crippen LogP contribution is 2.18. The van der Waals surface area contributed by atoms with Crippen molar-refractivity contribution in [3.8, 4) is 0 Å². The summed E-state index contributed by atoms with van der Waals surface area (Å²) < 4.78 is 13.0. The summed E-state index contributed by atoms with van der Waals surface area (Å²) in [5.41, 5.74) is -0.832. The summed E-state index contributed by atoms with van der Waals surface area (Å²) in [6.45, 7) is 0.121. The number of rotatable bonds is 6. The van der Waals surface area contributed by atoms with E-state index in [1.54, 1.807) is 0 Å². The molecular formula is C11H11FN2O5. The van der Waals surface area contributed by atoms with E-state index in [0.717, 1.165) is 18.2 Å². The van der Waals surface area contributed by atoms with E-state index in [0.29, 0.717) is 0 Å². The van der Waals surface area contributed by atoms with Gasteiger partial charge in [-0.25, -0.2) is 0 Å². The molecule has 1 aromatic rings. The monoisotopic (exact) mass is 270 g/mol. The number of hydrogen-bond acceptors (Lipinski definition) is 4. The number of nitrogens with zero attached hydrogens (tertiary/aromatic N) is 1. The van der Waals surface area contributed by atoms with Crippen molar-refractivity contribution in [1.82, 2.24) is 5.32 Å². The number of aliphatic carboxylic acids is 1. The maximum absolute atomic E-state index is 13.0. The molecule has 0 aliphatic carbocycles. The van der Waals surface area contributed by atoms with Crippen molar-refractivity contribution >= 4 is 17.6 Å². The van der Waals surface area contributed by atoms with E-state index >= 15 is 0 Å². The first-order valence-corrected chi connectivity index (χ1v) is 5.35. The number of amides is 1. The lowest BCUT2D eigenvalue weighted by atomic mass is 10.2. The first-order chi connectivity index (χ1) is 8.91. The fourth-order valence-electron chi connectivity index (χ4n) is 1.34. The lowest BCUT2D eigenvalue weighted by molar-refractivity contribution is -0.387. The van der Waals surface area contributed by atoms with Gasteiger partial charge >= 0.3 is 11.7 Å². The topological polar surface area (TPSA) is 110 Å². The zero-order chi connectivity index (χ0) is 14.4. The fourth-order valence-corrected chi connectivity index (χ4v) is 1.34. The lowest BCUT2D eigenvalue weighted by Crippen LogP contribution is -2.25. The average Bonchev–Trinajstić information content (AvgIpc) is 2.34.